The van der Waals surface area contributed by atoms with Crippen molar-refractivity contribution in [3.63, 3.8) is 0 Å². The zero-order valence-electron chi connectivity index (χ0n) is 15.8. The van der Waals surface area contributed by atoms with Gasteiger partial charge in [0.1, 0.15) is 5.82 Å². The van der Waals surface area contributed by atoms with E-state index in [1.165, 1.54) is 6.42 Å². The summed E-state index contributed by atoms with van der Waals surface area (Å²) in [6.45, 7) is 7.59. The number of aromatic nitrogens is 2. The number of hydrogen-bond donors (Lipinski definition) is 1. The molecule has 3 aliphatic rings. The summed E-state index contributed by atoms with van der Waals surface area (Å²) in [6, 6.07) is 0.171. The summed E-state index contributed by atoms with van der Waals surface area (Å²) < 4.78 is 5.64. The van der Waals surface area contributed by atoms with Crippen LogP contribution in [-0.4, -0.2) is 65.2 Å². The van der Waals surface area contributed by atoms with Gasteiger partial charge in [-0.2, -0.15) is 0 Å². The van der Waals surface area contributed by atoms with Gasteiger partial charge < -0.3 is 20.3 Å². The van der Waals surface area contributed by atoms with Crippen molar-refractivity contribution < 1.29 is 9.53 Å². The fourth-order valence-corrected chi connectivity index (χ4v) is 4.43. The quantitative estimate of drug-likeness (QED) is 0.860. The summed E-state index contributed by atoms with van der Waals surface area (Å²) in [5.74, 6) is 1.13. The Morgan fingerprint density at radius 1 is 1.19 bits per heavy atom. The van der Waals surface area contributed by atoms with Crippen molar-refractivity contribution >= 4 is 11.7 Å². The third-order valence-corrected chi connectivity index (χ3v) is 6.35. The van der Waals surface area contributed by atoms with Crippen LogP contribution in [0.1, 0.15) is 54.0 Å². The molecule has 1 aliphatic carbocycles. The Morgan fingerprint density at radius 2 is 2.00 bits per heavy atom. The second-order valence-corrected chi connectivity index (χ2v) is 7.97. The number of carbonyl (C=O) groups is 1. The van der Waals surface area contributed by atoms with Gasteiger partial charge in [-0.05, 0) is 46.0 Å². The van der Waals surface area contributed by atoms with Crippen molar-refractivity contribution in [2.45, 2.75) is 57.5 Å². The number of carbonyl (C=O) groups excluding carboxylic acids is 1. The van der Waals surface area contributed by atoms with Gasteiger partial charge in [0.2, 0.25) is 5.82 Å². The maximum atomic E-state index is 13.4. The van der Waals surface area contributed by atoms with E-state index in [1.54, 1.807) is 0 Å². The molecule has 2 N–H and O–H groups in total. The monoisotopic (exact) mass is 359 g/mol. The molecule has 7 nitrogen and oxygen atoms in total. The summed E-state index contributed by atoms with van der Waals surface area (Å²) in [5.41, 5.74) is 7.92. The molecule has 2 saturated heterocycles. The van der Waals surface area contributed by atoms with Crippen LogP contribution in [0, 0.1) is 13.8 Å². The van der Waals surface area contributed by atoms with Gasteiger partial charge in [-0.3, -0.25) is 4.79 Å². The Balaban J connectivity index is 1.66. The molecule has 4 rings (SSSR count). The van der Waals surface area contributed by atoms with Gasteiger partial charge in [0, 0.05) is 49.1 Å². The maximum absolute atomic E-state index is 13.4. The molecule has 1 saturated carbocycles. The number of aryl methyl sites for hydroxylation is 1. The van der Waals surface area contributed by atoms with Crippen LogP contribution < -0.4 is 10.6 Å². The van der Waals surface area contributed by atoms with Crippen molar-refractivity contribution in [2.75, 3.05) is 37.7 Å². The highest BCUT2D eigenvalue weighted by Crippen LogP contribution is 2.42. The minimum Gasteiger partial charge on any atom is -0.380 e. The largest absolute Gasteiger partial charge is 0.380 e. The first-order valence-corrected chi connectivity index (χ1v) is 9.76. The van der Waals surface area contributed by atoms with Crippen LogP contribution in [0.4, 0.5) is 5.82 Å². The van der Waals surface area contributed by atoms with Crippen molar-refractivity contribution in [1.82, 2.24) is 14.9 Å². The number of hydrogen-bond acceptors (Lipinski definition) is 6. The SMILES string of the molecule is Cc1nc(C(=O)N2CCOCCC23CCC3)nc(N2CC[C@@H](N)C2)c1C. The third-order valence-electron chi connectivity index (χ3n) is 6.35. The highest BCUT2D eigenvalue weighted by Gasteiger charge is 2.46. The van der Waals surface area contributed by atoms with Crippen LogP contribution >= 0.6 is 0 Å². The van der Waals surface area contributed by atoms with Gasteiger partial charge in [-0.1, -0.05) is 0 Å². The first-order chi connectivity index (χ1) is 12.5. The van der Waals surface area contributed by atoms with Gasteiger partial charge >= 0.3 is 0 Å². The van der Waals surface area contributed by atoms with E-state index in [0.29, 0.717) is 19.0 Å². The van der Waals surface area contributed by atoms with Crippen LogP contribution in [0.3, 0.4) is 0 Å². The molecular formula is C19H29N5O2. The van der Waals surface area contributed by atoms with E-state index in [2.05, 4.69) is 9.88 Å². The lowest BCUT2D eigenvalue weighted by atomic mass is 9.73. The first kappa shape index (κ1) is 17.7. The lowest BCUT2D eigenvalue weighted by molar-refractivity contribution is 0.0171. The lowest BCUT2D eigenvalue weighted by Gasteiger charge is -2.49. The Bertz CT molecular complexity index is 703. The van der Waals surface area contributed by atoms with Crippen LogP contribution in [0.25, 0.3) is 0 Å². The second-order valence-electron chi connectivity index (χ2n) is 7.97. The molecule has 1 atom stereocenters. The Morgan fingerprint density at radius 3 is 2.65 bits per heavy atom. The Labute approximate surface area is 154 Å². The van der Waals surface area contributed by atoms with Crippen molar-refractivity contribution in [3.8, 4) is 0 Å². The summed E-state index contributed by atoms with van der Waals surface area (Å²) in [5, 5.41) is 0. The average molecular weight is 359 g/mol. The van der Waals surface area contributed by atoms with E-state index in [1.807, 2.05) is 18.7 Å². The maximum Gasteiger partial charge on any atom is 0.292 e. The minimum absolute atomic E-state index is 0.0497. The minimum atomic E-state index is -0.0527. The third kappa shape index (κ3) is 2.97. The molecule has 0 radical (unpaired) electrons. The van der Waals surface area contributed by atoms with Crippen LogP contribution in [0.2, 0.25) is 0 Å². The number of nitrogens with zero attached hydrogens (tertiary/aromatic N) is 4. The van der Waals surface area contributed by atoms with Gasteiger partial charge in [0.25, 0.3) is 5.91 Å². The second kappa shape index (κ2) is 6.78. The highest BCUT2D eigenvalue weighted by molar-refractivity contribution is 5.91. The molecule has 1 aromatic rings. The average Bonchev–Trinajstić information content (AvgIpc) is 2.89. The molecule has 1 amide bonds. The highest BCUT2D eigenvalue weighted by atomic mass is 16.5. The fraction of sp³-hybridized carbons (Fsp3) is 0.737. The van der Waals surface area contributed by atoms with Gasteiger partial charge in [-0.15, -0.1) is 0 Å². The Hall–Kier alpha value is -1.73. The van der Waals surface area contributed by atoms with Crippen molar-refractivity contribution in [1.29, 1.82) is 0 Å². The topological polar surface area (TPSA) is 84.6 Å². The molecule has 0 unspecified atom stereocenters. The molecule has 142 valence electrons. The molecule has 0 aromatic carbocycles. The molecule has 3 fully saturated rings. The molecule has 7 heteroatoms. The number of rotatable bonds is 2. The van der Waals surface area contributed by atoms with E-state index in [4.69, 9.17) is 15.5 Å². The van der Waals surface area contributed by atoms with E-state index < -0.39 is 0 Å². The molecule has 1 spiro atoms. The van der Waals surface area contributed by atoms with Gasteiger partial charge in [0.15, 0.2) is 0 Å². The number of amides is 1. The molecule has 2 aliphatic heterocycles. The summed E-state index contributed by atoms with van der Waals surface area (Å²) in [4.78, 5) is 26.8. The zero-order chi connectivity index (χ0) is 18.3. The standard InChI is InChI=1S/C19H29N5O2/c1-13-14(2)21-16(22-17(13)23-8-4-15(20)12-23)18(25)24-9-11-26-10-7-19(24)5-3-6-19/h15H,3-12,20H2,1-2H3/t15-/m1/s1. The molecule has 1 aromatic heterocycles. The smallest absolute Gasteiger partial charge is 0.292 e. The van der Waals surface area contributed by atoms with E-state index >= 15 is 0 Å². The molecule has 26 heavy (non-hydrogen) atoms. The number of ether oxygens (including phenoxy) is 1. The van der Waals surface area contributed by atoms with E-state index in [0.717, 1.165) is 62.5 Å². The van der Waals surface area contributed by atoms with Crippen LogP contribution in [0.15, 0.2) is 0 Å². The number of anilines is 1. The first-order valence-electron chi connectivity index (χ1n) is 9.76. The lowest BCUT2D eigenvalue weighted by Crippen LogP contribution is -2.56. The molecular weight excluding hydrogens is 330 g/mol. The molecule has 3 heterocycles. The van der Waals surface area contributed by atoms with Crippen molar-refractivity contribution in [3.05, 3.63) is 17.1 Å². The molecule has 0 bridgehead atoms. The summed E-state index contributed by atoms with van der Waals surface area (Å²) >= 11 is 0. The van der Waals surface area contributed by atoms with Crippen molar-refractivity contribution in [2.24, 2.45) is 5.73 Å². The normalized spacial score (nSPS) is 25.3. The summed E-state index contributed by atoms with van der Waals surface area (Å²) in [6.07, 6.45) is 5.16. The van der Waals surface area contributed by atoms with Crippen LogP contribution in [0.5, 0.6) is 0 Å². The predicted octanol–water partition coefficient (Wildman–Crippen LogP) is 1.42. The predicted molar refractivity (Wildman–Crippen MR) is 99.4 cm³/mol. The Kier molecular flexibility index (Phi) is 4.61. The number of nitrogens with two attached hydrogens (primary N) is 1. The van der Waals surface area contributed by atoms with Gasteiger partial charge in [0.05, 0.1) is 6.61 Å². The zero-order valence-corrected chi connectivity index (χ0v) is 15.8. The van der Waals surface area contributed by atoms with Gasteiger partial charge in [-0.25, -0.2) is 9.97 Å². The van der Waals surface area contributed by atoms with Crippen LogP contribution in [-0.2, 0) is 4.74 Å². The summed E-state index contributed by atoms with van der Waals surface area (Å²) in [7, 11) is 0. The van der Waals surface area contributed by atoms with E-state index in [9.17, 15) is 4.79 Å². The van der Waals surface area contributed by atoms with E-state index in [-0.39, 0.29) is 17.5 Å². The fourth-order valence-electron chi connectivity index (χ4n) is 4.43.